The van der Waals surface area contributed by atoms with Crippen LogP contribution in [0.3, 0.4) is 0 Å². The molecular weight excluding hydrogens is 600 g/mol. The molecule has 0 saturated carbocycles. The van der Waals surface area contributed by atoms with Crippen LogP contribution >= 0.6 is 11.8 Å². The molecule has 0 amide bonds. The van der Waals surface area contributed by atoms with Crippen LogP contribution in [-0.2, 0) is 76.2 Å². The largest absolute Gasteiger partial charge is 0.463 e. The molecule has 2 fully saturated rings. The van der Waals surface area contributed by atoms with Crippen LogP contribution < -0.4 is 0 Å². The highest BCUT2D eigenvalue weighted by Crippen LogP contribution is 2.40. The monoisotopic (exact) mass is 636 g/mol. The molecule has 16 nitrogen and oxygen atoms in total. The number of hydrogen-bond acceptors (Lipinski definition) is 17. The fourth-order valence-electron chi connectivity index (χ4n) is 4.43. The van der Waals surface area contributed by atoms with Crippen LogP contribution in [0.15, 0.2) is 0 Å². The first-order valence-electron chi connectivity index (χ1n) is 13.1. The molecule has 0 aromatic carbocycles. The predicted molar refractivity (Wildman–Crippen MR) is 141 cm³/mol. The van der Waals surface area contributed by atoms with Crippen molar-refractivity contribution in [1.29, 1.82) is 0 Å². The maximum Gasteiger partial charge on any atom is 0.303 e. The van der Waals surface area contributed by atoms with Gasteiger partial charge < -0.3 is 42.6 Å². The average molecular weight is 637 g/mol. The Morgan fingerprint density at radius 2 is 0.930 bits per heavy atom. The van der Waals surface area contributed by atoms with E-state index in [0.29, 0.717) is 0 Å². The quantitative estimate of drug-likeness (QED) is 0.216. The minimum atomic E-state index is -1.42. The fraction of sp³-hybridized carbons (Fsp3) is 0.731. The van der Waals surface area contributed by atoms with Crippen molar-refractivity contribution in [3.63, 3.8) is 0 Å². The number of ether oxygens (including phenoxy) is 9. The highest BCUT2D eigenvalue weighted by molar-refractivity contribution is 8.00. The summed E-state index contributed by atoms with van der Waals surface area (Å²) in [6, 6.07) is 0. The lowest BCUT2D eigenvalue weighted by atomic mass is 9.99. The van der Waals surface area contributed by atoms with Gasteiger partial charge in [-0.3, -0.25) is 33.6 Å². The number of hydrogen-bond donors (Lipinski definition) is 0. The van der Waals surface area contributed by atoms with E-state index in [2.05, 4.69) is 0 Å². The summed E-state index contributed by atoms with van der Waals surface area (Å²) in [4.78, 5) is 83.4. The van der Waals surface area contributed by atoms with Crippen molar-refractivity contribution in [3.8, 4) is 0 Å². The third-order valence-corrected chi connectivity index (χ3v) is 7.24. The van der Waals surface area contributed by atoms with Crippen LogP contribution in [0.25, 0.3) is 0 Å². The highest BCUT2D eigenvalue weighted by atomic mass is 32.2. The van der Waals surface area contributed by atoms with Gasteiger partial charge in [-0.1, -0.05) is 0 Å². The van der Waals surface area contributed by atoms with Gasteiger partial charge in [-0.05, 0) is 0 Å². The van der Waals surface area contributed by atoms with E-state index in [0.717, 1.165) is 53.3 Å². The Kier molecular flexibility index (Phi) is 13.7. The predicted octanol–water partition coefficient (Wildman–Crippen LogP) is -0.00340. The van der Waals surface area contributed by atoms with Crippen LogP contribution in [0.1, 0.15) is 48.5 Å². The molecule has 2 aliphatic heterocycles. The summed E-state index contributed by atoms with van der Waals surface area (Å²) in [5.74, 6) is -5.17. The van der Waals surface area contributed by atoms with E-state index in [1.54, 1.807) is 0 Å². The molecule has 0 aliphatic carbocycles. The Bertz CT molecular complexity index is 1060. The van der Waals surface area contributed by atoms with Crippen LogP contribution in [0.5, 0.6) is 0 Å². The summed E-state index contributed by atoms with van der Waals surface area (Å²) in [6.45, 7) is 6.95. The molecule has 0 N–H and O–H groups in total. The number of rotatable bonds is 11. The molecule has 242 valence electrons. The Labute approximate surface area is 251 Å². The zero-order chi connectivity index (χ0) is 32.4. The second-order valence-corrected chi connectivity index (χ2v) is 10.9. The van der Waals surface area contributed by atoms with Crippen molar-refractivity contribution in [3.05, 3.63) is 0 Å². The molecule has 17 heteroatoms. The normalized spacial score (nSPS) is 30.2. The highest BCUT2D eigenvalue weighted by Gasteiger charge is 2.55. The van der Waals surface area contributed by atoms with Gasteiger partial charge in [0.05, 0.1) is 11.9 Å². The van der Waals surface area contributed by atoms with Gasteiger partial charge in [0.15, 0.2) is 30.5 Å². The lowest BCUT2D eigenvalue weighted by Crippen LogP contribution is -2.63. The summed E-state index contributed by atoms with van der Waals surface area (Å²) in [7, 11) is 0. The molecule has 0 unspecified atom stereocenters. The zero-order valence-corrected chi connectivity index (χ0v) is 25.6. The van der Waals surface area contributed by atoms with Gasteiger partial charge in [-0.2, -0.15) is 0 Å². The van der Waals surface area contributed by atoms with E-state index in [1.165, 1.54) is 6.92 Å². The molecule has 9 atom stereocenters. The molecule has 43 heavy (non-hydrogen) atoms. The SMILES string of the molecule is CC(=O)OC[C@H]1O[C@@H](S[C@H]2CO[C@H](COC(C)=O)[C@H](OC(C)=O)[C@@H]2OC(C)=O)[C@H](OC(C)=O)[C@@H](OC(C)=O)[C@H]1OC(C)=O. The summed E-state index contributed by atoms with van der Waals surface area (Å²) in [5.41, 5.74) is -1.23. The molecule has 2 rings (SSSR count). The van der Waals surface area contributed by atoms with Crippen LogP contribution in [0.4, 0.5) is 0 Å². The zero-order valence-electron chi connectivity index (χ0n) is 24.8. The van der Waals surface area contributed by atoms with Gasteiger partial charge in [0.1, 0.15) is 30.9 Å². The smallest absolute Gasteiger partial charge is 0.303 e. The Balaban J connectivity index is 2.53. The second-order valence-electron chi connectivity index (χ2n) is 9.56. The van der Waals surface area contributed by atoms with E-state index in [1.807, 2.05) is 0 Å². The van der Waals surface area contributed by atoms with Crippen molar-refractivity contribution in [1.82, 2.24) is 0 Å². The van der Waals surface area contributed by atoms with Crippen LogP contribution in [0.2, 0.25) is 0 Å². The number of esters is 7. The maximum absolute atomic E-state index is 12.2. The summed E-state index contributed by atoms with van der Waals surface area (Å²) >= 11 is 0.916. The van der Waals surface area contributed by atoms with Crippen LogP contribution in [-0.4, -0.2) is 115 Å². The Hall–Kier alpha value is -3.44. The van der Waals surface area contributed by atoms with Crippen LogP contribution in [0, 0.1) is 0 Å². The molecule has 2 saturated heterocycles. The number of carbonyl (C=O) groups excluding carboxylic acids is 7. The van der Waals surface area contributed by atoms with Crippen molar-refractivity contribution in [2.45, 2.75) is 102 Å². The molecule has 2 heterocycles. The van der Waals surface area contributed by atoms with Gasteiger partial charge >= 0.3 is 41.8 Å². The summed E-state index contributed by atoms with van der Waals surface area (Å²) < 4.78 is 49.4. The molecule has 0 aromatic rings. The van der Waals surface area contributed by atoms with Gasteiger partial charge in [0.2, 0.25) is 0 Å². The van der Waals surface area contributed by atoms with E-state index in [9.17, 15) is 33.6 Å². The molecule has 0 bridgehead atoms. The van der Waals surface area contributed by atoms with E-state index in [4.69, 9.17) is 42.6 Å². The third kappa shape index (κ3) is 11.3. The first-order valence-corrected chi connectivity index (χ1v) is 14.1. The van der Waals surface area contributed by atoms with Crippen molar-refractivity contribution >= 4 is 53.5 Å². The average Bonchev–Trinajstić information content (AvgIpc) is 2.86. The summed E-state index contributed by atoms with van der Waals surface area (Å²) in [5, 5.41) is -0.873. The van der Waals surface area contributed by atoms with E-state index >= 15 is 0 Å². The van der Waals surface area contributed by atoms with Gasteiger partial charge in [0, 0.05) is 48.5 Å². The molecule has 0 aromatic heterocycles. The number of thioether (sulfide) groups is 1. The van der Waals surface area contributed by atoms with Crippen molar-refractivity contribution in [2.24, 2.45) is 0 Å². The minimum Gasteiger partial charge on any atom is -0.463 e. The maximum atomic E-state index is 12.2. The van der Waals surface area contributed by atoms with E-state index < -0.39 is 102 Å². The third-order valence-electron chi connectivity index (χ3n) is 5.84. The lowest BCUT2D eigenvalue weighted by molar-refractivity contribution is -0.237. The summed E-state index contributed by atoms with van der Waals surface area (Å²) in [6.07, 6.45) is -8.83. The molecule has 0 radical (unpaired) electrons. The topological polar surface area (TPSA) is 203 Å². The first-order chi connectivity index (χ1) is 20.1. The van der Waals surface area contributed by atoms with Gasteiger partial charge in [0.25, 0.3) is 0 Å². The Morgan fingerprint density at radius 3 is 1.40 bits per heavy atom. The van der Waals surface area contributed by atoms with Gasteiger partial charge in [-0.15, -0.1) is 11.8 Å². The minimum absolute atomic E-state index is 0.167. The first kappa shape index (κ1) is 35.8. The van der Waals surface area contributed by atoms with E-state index in [-0.39, 0.29) is 13.2 Å². The standard InChI is InChI=1S/C26H36O16S/c1-11(27)34-8-18-21(37-13(3)29)23(39-15(5)31)20(10-36-18)43-26-25(41-17(7)33)24(40-16(6)32)22(38-14(4)30)19(42-26)9-35-12(2)28/h18-26H,8-10H2,1-7H3/t18-,19-,20+,21+,22+,23-,24+,25-,26+/m1/s1. The second kappa shape index (κ2) is 16.4. The van der Waals surface area contributed by atoms with Gasteiger partial charge in [-0.25, -0.2) is 0 Å². The van der Waals surface area contributed by atoms with Crippen molar-refractivity contribution in [2.75, 3.05) is 19.8 Å². The number of carbonyl (C=O) groups is 7. The lowest BCUT2D eigenvalue weighted by Gasteiger charge is -2.46. The fourth-order valence-corrected chi connectivity index (χ4v) is 5.87. The molecule has 0 spiro atoms. The Morgan fingerprint density at radius 1 is 0.535 bits per heavy atom. The molecule has 2 aliphatic rings. The molecular formula is C26H36O16S. The van der Waals surface area contributed by atoms with Crippen molar-refractivity contribution < 1.29 is 76.2 Å².